The average molecular weight is 270 g/mol. The highest BCUT2D eigenvalue weighted by atomic mass is 35.5. The molecular formula is C15H24ClNO. The van der Waals surface area contributed by atoms with Crippen LogP contribution in [0.15, 0.2) is 0 Å². The molecule has 0 aliphatic heterocycles. The zero-order valence-electron chi connectivity index (χ0n) is 11.4. The Labute approximate surface area is 115 Å². The van der Waals surface area contributed by atoms with Gasteiger partial charge in [0.25, 0.3) is 0 Å². The van der Waals surface area contributed by atoms with Crippen molar-refractivity contribution in [3.8, 4) is 0 Å². The lowest BCUT2D eigenvalue weighted by Crippen LogP contribution is -2.33. The minimum absolute atomic E-state index is 0.0873. The summed E-state index contributed by atoms with van der Waals surface area (Å²) in [6, 6.07) is 0. The van der Waals surface area contributed by atoms with Gasteiger partial charge in [-0.25, -0.2) is 0 Å². The Bertz CT molecular complexity index is 327. The maximum atomic E-state index is 12.2. The summed E-state index contributed by atoms with van der Waals surface area (Å²) in [5, 5.41) is 3.16. The molecule has 5 atom stereocenters. The van der Waals surface area contributed by atoms with E-state index in [9.17, 15) is 4.79 Å². The normalized spacial score (nSPS) is 41.9. The van der Waals surface area contributed by atoms with Crippen LogP contribution < -0.4 is 5.32 Å². The molecule has 102 valence electrons. The van der Waals surface area contributed by atoms with Gasteiger partial charge in [0.15, 0.2) is 0 Å². The molecule has 0 heterocycles. The number of fused-ring (bicyclic) bond motifs is 5. The number of hydrogen-bond donors (Lipinski definition) is 1. The molecule has 0 spiro atoms. The van der Waals surface area contributed by atoms with E-state index in [1.165, 1.54) is 19.3 Å². The molecule has 0 aromatic rings. The Balaban J connectivity index is 1.44. The highest BCUT2D eigenvalue weighted by Crippen LogP contribution is 2.69. The fourth-order valence-corrected chi connectivity index (χ4v) is 5.03. The first kappa shape index (κ1) is 12.8. The second-order valence-electron chi connectivity index (χ2n) is 6.99. The van der Waals surface area contributed by atoms with Crippen molar-refractivity contribution in [2.45, 2.75) is 44.9 Å². The molecule has 1 N–H and O–H groups in total. The number of amides is 1. The predicted octanol–water partition coefficient (Wildman–Crippen LogP) is 3.05. The lowest BCUT2D eigenvalue weighted by Gasteiger charge is -2.14. The maximum Gasteiger partial charge on any atom is 0.223 e. The van der Waals surface area contributed by atoms with Crippen LogP contribution in [-0.2, 0) is 4.79 Å². The summed E-state index contributed by atoms with van der Waals surface area (Å²) >= 11 is 6.22. The molecule has 3 aliphatic carbocycles. The Morgan fingerprint density at radius 3 is 2.44 bits per heavy atom. The number of hydrogen-bond acceptors (Lipinski definition) is 1. The van der Waals surface area contributed by atoms with Gasteiger partial charge in [-0.1, -0.05) is 13.8 Å². The topological polar surface area (TPSA) is 29.1 Å². The smallest absolute Gasteiger partial charge is 0.223 e. The molecule has 18 heavy (non-hydrogen) atoms. The molecular weight excluding hydrogens is 246 g/mol. The third-order valence-corrected chi connectivity index (χ3v) is 5.60. The van der Waals surface area contributed by atoms with Gasteiger partial charge in [0.05, 0.1) is 5.38 Å². The minimum atomic E-state index is 0.0873. The van der Waals surface area contributed by atoms with Gasteiger partial charge in [-0.05, 0) is 55.3 Å². The molecule has 0 radical (unpaired) electrons. The monoisotopic (exact) mass is 269 g/mol. The van der Waals surface area contributed by atoms with E-state index >= 15 is 0 Å². The maximum absolute atomic E-state index is 12.2. The molecule has 0 aromatic carbocycles. The molecule has 1 amide bonds. The molecule has 3 aliphatic rings. The van der Waals surface area contributed by atoms with E-state index in [-0.39, 0.29) is 11.3 Å². The fourth-order valence-electron chi connectivity index (χ4n) is 4.60. The van der Waals surface area contributed by atoms with E-state index < -0.39 is 0 Å². The summed E-state index contributed by atoms with van der Waals surface area (Å²) in [4.78, 5) is 12.2. The zero-order chi connectivity index (χ0) is 12.9. The zero-order valence-corrected chi connectivity index (χ0v) is 12.1. The van der Waals surface area contributed by atoms with Crippen molar-refractivity contribution in [3.05, 3.63) is 0 Å². The van der Waals surface area contributed by atoms with Crippen molar-refractivity contribution in [3.63, 3.8) is 0 Å². The van der Waals surface area contributed by atoms with Crippen LogP contribution >= 0.6 is 11.6 Å². The van der Waals surface area contributed by atoms with Crippen molar-refractivity contribution in [2.24, 2.45) is 35.5 Å². The average Bonchev–Trinajstić information content (AvgIpc) is 2.74. The highest BCUT2D eigenvalue weighted by molar-refractivity contribution is 6.20. The fraction of sp³-hybridized carbons (Fsp3) is 0.933. The lowest BCUT2D eigenvalue weighted by atomic mass is 10.0. The first-order valence-electron chi connectivity index (χ1n) is 7.49. The highest BCUT2D eigenvalue weighted by Gasteiger charge is 2.67. The molecule has 0 saturated heterocycles. The standard InChI is InChI=1S/C15H24ClNO/c1-8(2)5-11(16)7-17-15(18)14-12-9-3-4-10(6-9)13(12)14/h8-14H,3-7H2,1-2H3,(H,17,18). The Morgan fingerprint density at radius 1 is 1.28 bits per heavy atom. The molecule has 3 fully saturated rings. The van der Waals surface area contributed by atoms with Gasteiger partial charge in [0, 0.05) is 12.5 Å². The molecule has 5 unspecified atom stereocenters. The third-order valence-electron chi connectivity index (χ3n) is 5.26. The summed E-state index contributed by atoms with van der Waals surface area (Å²) in [7, 11) is 0. The summed E-state index contributed by atoms with van der Waals surface area (Å²) in [5.41, 5.74) is 0. The number of rotatable bonds is 5. The molecule has 3 saturated carbocycles. The third kappa shape index (κ3) is 2.17. The van der Waals surface area contributed by atoms with E-state index in [1.807, 2.05) is 0 Å². The largest absolute Gasteiger partial charge is 0.354 e. The second-order valence-corrected chi connectivity index (χ2v) is 7.60. The van der Waals surface area contributed by atoms with Crippen molar-refractivity contribution in [2.75, 3.05) is 6.54 Å². The Kier molecular flexibility index (Phi) is 3.34. The van der Waals surface area contributed by atoms with Gasteiger partial charge in [0.2, 0.25) is 5.91 Å². The van der Waals surface area contributed by atoms with Crippen LogP contribution in [0.1, 0.15) is 39.5 Å². The Hall–Kier alpha value is -0.240. The summed E-state index contributed by atoms with van der Waals surface area (Å²) in [6.07, 6.45) is 5.14. The van der Waals surface area contributed by atoms with Gasteiger partial charge in [-0.2, -0.15) is 0 Å². The number of carbonyl (C=O) groups is 1. The van der Waals surface area contributed by atoms with Crippen molar-refractivity contribution >= 4 is 17.5 Å². The second kappa shape index (κ2) is 4.70. The Morgan fingerprint density at radius 2 is 1.89 bits per heavy atom. The first-order valence-corrected chi connectivity index (χ1v) is 7.93. The molecule has 3 rings (SSSR count). The van der Waals surface area contributed by atoms with Crippen molar-refractivity contribution < 1.29 is 4.79 Å². The number of alkyl halides is 1. The van der Waals surface area contributed by atoms with E-state index in [4.69, 9.17) is 11.6 Å². The summed E-state index contributed by atoms with van der Waals surface area (Å²) in [5.74, 6) is 4.46. The quantitative estimate of drug-likeness (QED) is 0.764. The molecule has 2 bridgehead atoms. The van der Waals surface area contributed by atoms with Crippen molar-refractivity contribution in [1.82, 2.24) is 5.32 Å². The van der Waals surface area contributed by atoms with E-state index in [1.54, 1.807) is 0 Å². The van der Waals surface area contributed by atoms with Crippen molar-refractivity contribution in [1.29, 1.82) is 0 Å². The van der Waals surface area contributed by atoms with Crippen LogP contribution in [0.3, 0.4) is 0 Å². The number of carbonyl (C=O) groups excluding carboxylic acids is 1. The molecule has 0 aromatic heterocycles. The van der Waals surface area contributed by atoms with E-state index in [0.29, 0.717) is 18.4 Å². The molecule has 3 heteroatoms. The minimum Gasteiger partial charge on any atom is -0.354 e. The van der Waals surface area contributed by atoms with Crippen LogP contribution in [-0.4, -0.2) is 17.8 Å². The molecule has 2 nitrogen and oxygen atoms in total. The van der Waals surface area contributed by atoms with Crippen LogP contribution in [0.25, 0.3) is 0 Å². The van der Waals surface area contributed by atoms with Crippen LogP contribution in [0, 0.1) is 35.5 Å². The number of nitrogens with one attached hydrogen (secondary N) is 1. The van der Waals surface area contributed by atoms with E-state index in [0.717, 1.165) is 30.1 Å². The summed E-state index contributed by atoms with van der Waals surface area (Å²) < 4.78 is 0. The van der Waals surface area contributed by atoms with Gasteiger partial charge in [-0.15, -0.1) is 11.6 Å². The first-order chi connectivity index (χ1) is 8.58. The van der Waals surface area contributed by atoms with Crippen LogP contribution in [0.5, 0.6) is 0 Å². The van der Waals surface area contributed by atoms with Gasteiger partial charge >= 0.3 is 0 Å². The van der Waals surface area contributed by atoms with E-state index in [2.05, 4.69) is 19.2 Å². The SMILES string of the molecule is CC(C)CC(Cl)CNC(=O)C1C2C3CCC(C3)C12. The van der Waals surface area contributed by atoms with Gasteiger partial charge in [-0.3, -0.25) is 4.79 Å². The number of halogens is 1. The van der Waals surface area contributed by atoms with Gasteiger partial charge in [0.1, 0.15) is 0 Å². The lowest BCUT2D eigenvalue weighted by molar-refractivity contribution is -0.123. The predicted molar refractivity (Wildman–Crippen MR) is 73.4 cm³/mol. The summed E-state index contributed by atoms with van der Waals surface area (Å²) in [6.45, 7) is 4.98. The van der Waals surface area contributed by atoms with Crippen LogP contribution in [0.4, 0.5) is 0 Å². The van der Waals surface area contributed by atoms with Crippen LogP contribution in [0.2, 0.25) is 0 Å². The van der Waals surface area contributed by atoms with Gasteiger partial charge < -0.3 is 5.32 Å².